The SMILES string of the molecule is COCCC1(C#N)CCCCCC1. The Morgan fingerprint density at radius 2 is 1.85 bits per heavy atom. The Kier molecular flexibility index (Phi) is 4.24. The second-order valence-corrected chi connectivity index (χ2v) is 4.05. The lowest BCUT2D eigenvalue weighted by Crippen LogP contribution is -2.19. The van der Waals surface area contributed by atoms with Crippen LogP contribution in [-0.2, 0) is 4.74 Å². The van der Waals surface area contributed by atoms with E-state index in [1.807, 2.05) is 0 Å². The Morgan fingerprint density at radius 3 is 2.31 bits per heavy atom. The molecule has 0 spiro atoms. The van der Waals surface area contributed by atoms with Crippen molar-refractivity contribution in [1.29, 1.82) is 5.26 Å². The van der Waals surface area contributed by atoms with Gasteiger partial charge in [-0.3, -0.25) is 0 Å². The molecule has 0 aromatic heterocycles. The predicted octanol–water partition coefficient (Wildman–Crippen LogP) is 2.89. The lowest BCUT2D eigenvalue weighted by molar-refractivity contribution is 0.151. The van der Waals surface area contributed by atoms with Gasteiger partial charge in [0.25, 0.3) is 0 Å². The van der Waals surface area contributed by atoms with Crippen LogP contribution >= 0.6 is 0 Å². The molecule has 74 valence electrons. The number of nitriles is 1. The van der Waals surface area contributed by atoms with Gasteiger partial charge in [-0.15, -0.1) is 0 Å². The summed E-state index contributed by atoms with van der Waals surface area (Å²) < 4.78 is 5.06. The smallest absolute Gasteiger partial charge is 0.0690 e. The zero-order valence-electron chi connectivity index (χ0n) is 8.51. The van der Waals surface area contributed by atoms with Gasteiger partial charge in [0.1, 0.15) is 0 Å². The summed E-state index contributed by atoms with van der Waals surface area (Å²) in [5, 5.41) is 9.19. The molecule has 1 fully saturated rings. The van der Waals surface area contributed by atoms with Gasteiger partial charge in [0.15, 0.2) is 0 Å². The van der Waals surface area contributed by atoms with Crippen LogP contribution in [0.4, 0.5) is 0 Å². The highest BCUT2D eigenvalue weighted by atomic mass is 16.5. The van der Waals surface area contributed by atoms with Crippen LogP contribution in [-0.4, -0.2) is 13.7 Å². The molecule has 1 rings (SSSR count). The number of ether oxygens (including phenoxy) is 1. The lowest BCUT2D eigenvalue weighted by Gasteiger charge is -2.23. The van der Waals surface area contributed by atoms with E-state index >= 15 is 0 Å². The van der Waals surface area contributed by atoms with E-state index in [-0.39, 0.29) is 5.41 Å². The monoisotopic (exact) mass is 181 g/mol. The first-order chi connectivity index (χ1) is 6.33. The fourth-order valence-electron chi connectivity index (χ4n) is 2.12. The van der Waals surface area contributed by atoms with Crippen molar-refractivity contribution in [2.75, 3.05) is 13.7 Å². The first kappa shape index (κ1) is 10.5. The van der Waals surface area contributed by atoms with E-state index < -0.39 is 0 Å². The molecule has 0 atom stereocenters. The molecule has 2 heteroatoms. The van der Waals surface area contributed by atoms with Gasteiger partial charge in [-0.25, -0.2) is 0 Å². The van der Waals surface area contributed by atoms with E-state index in [1.165, 1.54) is 25.7 Å². The average molecular weight is 181 g/mol. The van der Waals surface area contributed by atoms with Gasteiger partial charge >= 0.3 is 0 Å². The molecule has 0 aromatic carbocycles. The molecule has 0 aromatic rings. The van der Waals surface area contributed by atoms with Gasteiger partial charge in [-0.2, -0.15) is 5.26 Å². The van der Waals surface area contributed by atoms with Crippen LogP contribution in [0.3, 0.4) is 0 Å². The first-order valence-electron chi connectivity index (χ1n) is 5.23. The van der Waals surface area contributed by atoms with Gasteiger partial charge < -0.3 is 4.74 Å². The van der Waals surface area contributed by atoms with Crippen LogP contribution in [0.1, 0.15) is 44.9 Å². The fraction of sp³-hybridized carbons (Fsp3) is 0.909. The molecule has 0 radical (unpaired) electrons. The molecule has 0 amide bonds. The topological polar surface area (TPSA) is 33.0 Å². The number of nitrogens with zero attached hydrogens (tertiary/aromatic N) is 1. The zero-order valence-corrected chi connectivity index (χ0v) is 8.51. The number of methoxy groups -OCH3 is 1. The minimum absolute atomic E-state index is 0.0630. The summed E-state index contributed by atoms with van der Waals surface area (Å²) in [7, 11) is 1.71. The van der Waals surface area contributed by atoms with E-state index in [2.05, 4.69) is 6.07 Å². The maximum atomic E-state index is 9.19. The third kappa shape index (κ3) is 3.00. The van der Waals surface area contributed by atoms with Crippen LogP contribution in [0.2, 0.25) is 0 Å². The average Bonchev–Trinajstić information content (AvgIpc) is 2.41. The van der Waals surface area contributed by atoms with Gasteiger partial charge in [-0.1, -0.05) is 25.7 Å². The Labute approximate surface area is 80.9 Å². The Balaban J connectivity index is 2.50. The fourth-order valence-corrected chi connectivity index (χ4v) is 2.12. The quantitative estimate of drug-likeness (QED) is 0.627. The molecular weight excluding hydrogens is 162 g/mol. The Hall–Kier alpha value is -0.550. The molecule has 0 saturated heterocycles. The van der Waals surface area contributed by atoms with E-state index in [0.29, 0.717) is 0 Å². The van der Waals surface area contributed by atoms with Crippen molar-refractivity contribution in [3.63, 3.8) is 0 Å². The Bertz CT molecular complexity index is 175. The molecule has 0 N–H and O–H groups in total. The van der Waals surface area contributed by atoms with Crippen molar-refractivity contribution in [1.82, 2.24) is 0 Å². The van der Waals surface area contributed by atoms with Crippen LogP contribution < -0.4 is 0 Å². The number of rotatable bonds is 3. The minimum Gasteiger partial charge on any atom is -0.385 e. The van der Waals surface area contributed by atoms with Crippen LogP contribution in [0.15, 0.2) is 0 Å². The van der Waals surface area contributed by atoms with Crippen molar-refractivity contribution in [3.05, 3.63) is 0 Å². The Morgan fingerprint density at radius 1 is 1.23 bits per heavy atom. The maximum absolute atomic E-state index is 9.19. The number of hydrogen-bond acceptors (Lipinski definition) is 2. The standard InChI is InChI=1S/C11H19NO/c1-13-9-8-11(10-12)6-4-2-3-5-7-11/h2-9H2,1H3. The molecule has 0 unspecified atom stereocenters. The minimum atomic E-state index is -0.0630. The molecule has 0 bridgehead atoms. The van der Waals surface area contributed by atoms with E-state index in [1.54, 1.807) is 7.11 Å². The van der Waals surface area contributed by atoms with Crippen LogP contribution in [0.25, 0.3) is 0 Å². The molecule has 0 heterocycles. The van der Waals surface area contributed by atoms with Crippen LogP contribution in [0, 0.1) is 16.7 Å². The highest BCUT2D eigenvalue weighted by Crippen LogP contribution is 2.37. The maximum Gasteiger partial charge on any atom is 0.0690 e. The van der Waals surface area contributed by atoms with Crippen molar-refractivity contribution < 1.29 is 4.74 Å². The predicted molar refractivity (Wildman–Crippen MR) is 52.2 cm³/mol. The van der Waals surface area contributed by atoms with Crippen molar-refractivity contribution in [2.45, 2.75) is 44.9 Å². The summed E-state index contributed by atoms with van der Waals surface area (Å²) in [5.74, 6) is 0. The second-order valence-electron chi connectivity index (χ2n) is 4.05. The van der Waals surface area contributed by atoms with Crippen molar-refractivity contribution in [2.24, 2.45) is 5.41 Å². The molecular formula is C11H19NO. The third-order valence-corrected chi connectivity index (χ3v) is 3.08. The summed E-state index contributed by atoms with van der Waals surface area (Å²) >= 11 is 0. The largest absolute Gasteiger partial charge is 0.385 e. The van der Waals surface area contributed by atoms with Crippen molar-refractivity contribution in [3.8, 4) is 6.07 Å². The highest BCUT2D eigenvalue weighted by molar-refractivity contribution is 4.99. The highest BCUT2D eigenvalue weighted by Gasteiger charge is 2.30. The molecule has 2 nitrogen and oxygen atoms in total. The third-order valence-electron chi connectivity index (χ3n) is 3.08. The van der Waals surface area contributed by atoms with Gasteiger partial charge in [0.2, 0.25) is 0 Å². The first-order valence-corrected chi connectivity index (χ1v) is 5.23. The summed E-state index contributed by atoms with van der Waals surface area (Å²) in [6.45, 7) is 0.730. The normalized spacial score (nSPS) is 21.8. The van der Waals surface area contributed by atoms with Crippen molar-refractivity contribution >= 4 is 0 Å². The summed E-state index contributed by atoms with van der Waals surface area (Å²) in [6.07, 6.45) is 8.11. The second kappa shape index (κ2) is 5.24. The van der Waals surface area contributed by atoms with Gasteiger partial charge in [0.05, 0.1) is 11.5 Å². The van der Waals surface area contributed by atoms with E-state index in [4.69, 9.17) is 4.74 Å². The molecule has 13 heavy (non-hydrogen) atoms. The molecule has 1 saturated carbocycles. The van der Waals surface area contributed by atoms with Gasteiger partial charge in [-0.05, 0) is 19.3 Å². The van der Waals surface area contributed by atoms with Crippen LogP contribution in [0.5, 0.6) is 0 Å². The van der Waals surface area contributed by atoms with E-state index in [9.17, 15) is 5.26 Å². The molecule has 0 aliphatic heterocycles. The summed E-state index contributed by atoms with van der Waals surface area (Å²) in [5.41, 5.74) is -0.0630. The lowest BCUT2D eigenvalue weighted by atomic mass is 9.79. The molecule has 1 aliphatic carbocycles. The van der Waals surface area contributed by atoms with E-state index in [0.717, 1.165) is 25.9 Å². The number of hydrogen-bond donors (Lipinski definition) is 0. The summed E-state index contributed by atoms with van der Waals surface area (Å²) in [6, 6.07) is 2.51. The zero-order chi connectivity index (χ0) is 9.57. The molecule has 1 aliphatic rings. The van der Waals surface area contributed by atoms with Gasteiger partial charge in [0, 0.05) is 13.7 Å². The summed E-state index contributed by atoms with van der Waals surface area (Å²) in [4.78, 5) is 0.